The quantitative estimate of drug-likeness (QED) is 0.914. The summed E-state index contributed by atoms with van der Waals surface area (Å²) in [5, 5.41) is 3.62. The number of likely N-dealkylation sites (N-methyl/N-ethyl adjacent to an activating group) is 1. The molecule has 1 aromatic heterocycles. The van der Waals surface area contributed by atoms with E-state index in [1.54, 1.807) is 0 Å². The largest absolute Gasteiger partial charge is 0.315 e. The van der Waals surface area contributed by atoms with Gasteiger partial charge < -0.3 is 5.32 Å². The Balaban J connectivity index is 1.87. The maximum atomic E-state index is 4.69. The third kappa shape index (κ3) is 2.27. The third-order valence-electron chi connectivity index (χ3n) is 5.40. The Labute approximate surface area is 122 Å². The molecule has 110 valence electrons. The molecule has 20 heavy (non-hydrogen) atoms. The average Bonchev–Trinajstić information content (AvgIpc) is 3.09. The summed E-state index contributed by atoms with van der Waals surface area (Å²) in [6, 6.07) is 4.79. The molecule has 0 saturated carbocycles. The van der Waals surface area contributed by atoms with Crippen molar-refractivity contribution in [2.24, 2.45) is 0 Å². The lowest BCUT2D eigenvalue weighted by atomic mass is 9.81. The maximum absolute atomic E-state index is 4.69. The number of aromatic nitrogens is 1. The van der Waals surface area contributed by atoms with Gasteiger partial charge in [0.1, 0.15) is 0 Å². The van der Waals surface area contributed by atoms with Crippen LogP contribution in [0, 0.1) is 0 Å². The second kappa shape index (κ2) is 5.45. The van der Waals surface area contributed by atoms with E-state index in [1.807, 2.05) is 6.20 Å². The average molecular weight is 273 g/mol. The normalized spacial score (nSPS) is 24.9. The zero-order valence-corrected chi connectivity index (χ0v) is 13.0. The number of hydrogen-bond acceptors (Lipinski definition) is 3. The number of rotatable bonds is 4. The van der Waals surface area contributed by atoms with Crippen molar-refractivity contribution in [3.05, 3.63) is 29.6 Å². The van der Waals surface area contributed by atoms with Crippen LogP contribution < -0.4 is 5.32 Å². The van der Waals surface area contributed by atoms with Crippen LogP contribution in [0.3, 0.4) is 0 Å². The first-order chi connectivity index (χ1) is 9.64. The van der Waals surface area contributed by atoms with Crippen molar-refractivity contribution in [2.75, 3.05) is 20.1 Å². The molecule has 1 aromatic rings. The van der Waals surface area contributed by atoms with Gasteiger partial charge in [-0.25, -0.2) is 0 Å². The second-order valence-electron chi connectivity index (χ2n) is 6.81. The Morgan fingerprint density at radius 1 is 1.35 bits per heavy atom. The van der Waals surface area contributed by atoms with Crippen molar-refractivity contribution in [1.82, 2.24) is 15.2 Å². The van der Waals surface area contributed by atoms with Gasteiger partial charge in [-0.05, 0) is 71.3 Å². The van der Waals surface area contributed by atoms with Crippen LogP contribution >= 0.6 is 0 Å². The first-order valence-electron chi connectivity index (χ1n) is 8.00. The lowest BCUT2D eigenvalue weighted by Gasteiger charge is -2.44. The van der Waals surface area contributed by atoms with E-state index in [-0.39, 0.29) is 5.54 Å². The van der Waals surface area contributed by atoms with Crippen LogP contribution in [-0.4, -0.2) is 41.6 Å². The molecule has 3 heteroatoms. The number of fused-ring (bicyclic) bond motifs is 1. The van der Waals surface area contributed by atoms with Crippen LogP contribution in [0.2, 0.25) is 0 Å². The van der Waals surface area contributed by atoms with Gasteiger partial charge in [-0.1, -0.05) is 6.07 Å². The standard InChI is InChI=1S/C17H27N3/c1-17(2,20-11-4-5-12-20)16(18-3)14-9-8-13-7-6-10-19-15(13)14/h6-7,10,14,16,18H,4-5,8-9,11-12H2,1-3H3. The minimum atomic E-state index is 0.190. The SMILES string of the molecule is CNC(C1CCc2cccnc21)C(C)(C)N1CCCC1. The molecule has 1 aliphatic heterocycles. The van der Waals surface area contributed by atoms with Crippen LogP contribution in [0.5, 0.6) is 0 Å². The minimum Gasteiger partial charge on any atom is -0.315 e. The number of likely N-dealkylation sites (tertiary alicyclic amines) is 1. The molecular weight excluding hydrogens is 246 g/mol. The Morgan fingerprint density at radius 3 is 2.80 bits per heavy atom. The van der Waals surface area contributed by atoms with Gasteiger partial charge in [0.2, 0.25) is 0 Å². The molecule has 0 radical (unpaired) electrons. The van der Waals surface area contributed by atoms with Crippen molar-refractivity contribution in [1.29, 1.82) is 0 Å². The third-order valence-corrected chi connectivity index (χ3v) is 5.40. The predicted octanol–water partition coefficient (Wildman–Crippen LogP) is 2.57. The smallest absolute Gasteiger partial charge is 0.0482 e. The molecule has 0 spiro atoms. The highest BCUT2D eigenvalue weighted by atomic mass is 15.2. The zero-order valence-electron chi connectivity index (χ0n) is 13.0. The summed E-state index contributed by atoms with van der Waals surface area (Å²) < 4.78 is 0. The van der Waals surface area contributed by atoms with Gasteiger partial charge in [0, 0.05) is 29.4 Å². The molecule has 2 aliphatic rings. The molecule has 2 heterocycles. The van der Waals surface area contributed by atoms with E-state index in [1.165, 1.54) is 50.0 Å². The molecule has 1 aliphatic carbocycles. The summed E-state index contributed by atoms with van der Waals surface area (Å²) in [6.07, 6.45) is 7.06. The van der Waals surface area contributed by atoms with Gasteiger partial charge in [-0.3, -0.25) is 9.88 Å². The van der Waals surface area contributed by atoms with Gasteiger partial charge in [-0.15, -0.1) is 0 Å². The van der Waals surface area contributed by atoms with Crippen LogP contribution in [0.15, 0.2) is 18.3 Å². The molecule has 0 amide bonds. The first-order valence-corrected chi connectivity index (χ1v) is 8.00. The van der Waals surface area contributed by atoms with Gasteiger partial charge in [0.25, 0.3) is 0 Å². The number of aryl methyl sites for hydroxylation is 1. The van der Waals surface area contributed by atoms with Gasteiger partial charge >= 0.3 is 0 Å². The molecule has 2 atom stereocenters. The van der Waals surface area contributed by atoms with Crippen molar-refractivity contribution in [2.45, 2.75) is 57.0 Å². The first kappa shape index (κ1) is 14.0. The fourth-order valence-corrected chi connectivity index (χ4v) is 4.31. The number of nitrogens with zero attached hydrogens (tertiary/aromatic N) is 2. The van der Waals surface area contributed by atoms with Crippen LogP contribution in [0.25, 0.3) is 0 Å². The highest BCUT2D eigenvalue weighted by molar-refractivity contribution is 5.31. The van der Waals surface area contributed by atoms with E-state index in [0.29, 0.717) is 12.0 Å². The van der Waals surface area contributed by atoms with E-state index in [9.17, 15) is 0 Å². The summed E-state index contributed by atoms with van der Waals surface area (Å²) in [4.78, 5) is 7.35. The number of hydrogen-bond donors (Lipinski definition) is 1. The maximum Gasteiger partial charge on any atom is 0.0482 e. The molecule has 1 N–H and O–H groups in total. The fourth-order valence-electron chi connectivity index (χ4n) is 4.31. The van der Waals surface area contributed by atoms with E-state index in [0.717, 1.165) is 0 Å². The van der Waals surface area contributed by atoms with Gasteiger partial charge in [0.15, 0.2) is 0 Å². The second-order valence-corrected chi connectivity index (χ2v) is 6.81. The topological polar surface area (TPSA) is 28.2 Å². The molecule has 1 saturated heterocycles. The van der Waals surface area contributed by atoms with Gasteiger partial charge in [0.05, 0.1) is 0 Å². The van der Waals surface area contributed by atoms with E-state index in [2.05, 4.69) is 43.2 Å². The molecule has 2 unspecified atom stereocenters. The number of nitrogens with one attached hydrogen (secondary N) is 1. The lowest BCUT2D eigenvalue weighted by molar-refractivity contribution is 0.0963. The van der Waals surface area contributed by atoms with Crippen molar-refractivity contribution in [3.8, 4) is 0 Å². The summed E-state index contributed by atoms with van der Waals surface area (Å²) in [5.41, 5.74) is 2.98. The lowest BCUT2D eigenvalue weighted by Crippen LogP contribution is -2.58. The van der Waals surface area contributed by atoms with Crippen LogP contribution in [-0.2, 0) is 6.42 Å². The summed E-state index contributed by atoms with van der Waals surface area (Å²) in [6.45, 7) is 7.29. The highest BCUT2D eigenvalue weighted by Gasteiger charge is 2.43. The monoisotopic (exact) mass is 273 g/mol. The molecule has 0 bridgehead atoms. The summed E-state index contributed by atoms with van der Waals surface area (Å²) in [7, 11) is 2.11. The van der Waals surface area contributed by atoms with E-state index >= 15 is 0 Å². The fraction of sp³-hybridized carbons (Fsp3) is 0.706. The molecule has 1 fully saturated rings. The Hall–Kier alpha value is -0.930. The molecular formula is C17H27N3. The summed E-state index contributed by atoms with van der Waals surface area (Å²) >= 11 is 0. The summed E-state index contributed by atoms with van der Waals surface area (Å²) in [5.74, 6) is 0.548. The minimum absolute atomic E-state index is 0.190. The van der Waals surface area contributed by atoms with Crippen molar-refractivity contribution < 1.29 is 0 Å². The number of pyridine rings is 1. The van der Waals surface area contributed by atoms with E-state index in [4.69, 9.17) is 4.98 Å². The van der Waals surface area contributed by atoms with Crippen LogP contribution in [0.1, 0.15) is 50.3 Å². The Bertz CT molecular complexity index is 463. The highest BCUT2D eigenvalue weighted by Crippen LogP contribution is 2.39. The Kier molecular flexibility index (Phi) is 3.83. The zero-order chi connectivity index (χ0) is 14.2. The molecule has 0 aromatic carbocycles. The molecule has 3 rings (SSSR count). The van der Waals surface area contributed by atoms with Gasteiger partial charge in [-0.2, -0.15) is 0 Å². The van der Waals surface area contributed by atoms with Crippen molar-refractivity contribution in [3.63, 3.8) is 0 Å². The Morgan fingerprint density at radius 2 is 2.10 bits per heavy atom. The molecule has 3 nitrogen and oxygen atoms in total. The van der Waals surface area contributed by atoms with Crippen LogP contribution in [0.4, 0.5) is 0 Å². The van der Waals surface area contributed by atoms with E-state index < -0.39 is 0 Å². The predicted molar refractivity (Wildman–Crippen MR) is 83.0 cm³/mol. The van der Waals surface area contributed by atoms with Crippen molar-refractivity contribution >= 4 is 0 Å².